The number of ether oxygens (including phenoxy) is 1. The van der Waals surface area contributed by atoms with Gasteiger partial charge >= 0.3 is 5.97 Å². The van der Waals surface area contributed by atoms with Crippen LogP contribution in [-0.2, 0) is 17.7 Å². The lowest BCUT2D eigenvalue weighted by molar-refractivity contribution is 0.0599. The number of fused-ring (bicyclic) bond motifs is 1. The quantitative estimate of drug-likeness (QED) is 0.580. The molecule has 1 aliphatic heterocycles. The molecule has 158 valence electrons. The van der Waals surface area contributed by atoms with E-state index in [1.807, 2.05) is 4.68 Å². The average Bonchev–Trinajstić information content (AvgIpc) is 3.09. The van der Waals surface area contributed by atoms with E-state index in [1.165, 1.54) is 32.1 Å². The molecule has 0 aliphatic carbocycles. The number of aromatic nitrogens is 3. The summed E-state index contributed by atoms with van der Waals surface area (Å²) >= 11 is 0. The van der Waals surface area contributed by atoms with Crippen molar-refractivity contribution in [2.45, 2.75) is 32.2 Å². The molecule has 0 bridgehead atoms. The highest BCUT2D eigenvalue weighted by Gasteiger charge is 2.19. The molecule has 0 atom stereocenters. The summed E-state index contributed by atoms with van der Waals surface area (Å²) in [6.45, 7) is 3.07. The number of halogens is 1. The third-order valence-electron chi connectivity index (χ3n) is 6.04. The predicted octanol–water partition coefficient (Wildman–Crippen LogP) is 3.68. The lowest BCUT2D eigenvalue weighted by atomic mass is 9.94. The van der Waals surface area contributed by atoms with Crippen molar-refractivity contribution in [3.8, 4) is 0 Å². The number of carbonyl (C=O) groups excluding carboxylic acids is 1. The highest BCUT2D eigenvalue weighted by atomic mass is 19.1. The summed E-state index contributed by atoms with van der Waals surface area (Å²) in [6.07, 6.45) is 7.06. The molecular weight excluding hydrogens is 383 g/mol. The first-order valence-corrected chi connectivity index (χ1v) is 10.4. The van der Waals surface area contributed by atoms with Crippen molar-refractivity contribution in [2.75, 3.05) is 27.2 Å². The molecule has 1 fully saturated rings. The Morgan fingerprint density at radius 1 is 1.27 bits per heavy atom. The zero-order valence-electron chi connectivity index (χ0n) is 17.5. The van der Waals surface area contributed by atoms with Gasteiger partial charge in [-0.2, -0.15) is 5.10 Å². The van der Waals surface area contributed by atoms with Crippen LogP contribution >= 0.6 is 0 Å². The Morgan fingerprint density at radius 3 is 2.83 bits per heavy atom. The summed E-state index contributed by atoms with van der Waals surface area (Å²) in [5.41, 5.74) is 2.84. The molecule has 7 heteroatoms. The Kier molecular flexibility index (Phi) is 6.08. The summed E-state index contributed by atoms with van der Waals surface area (Å²) in [5, 5.41) is 5.59. The summed E-state index contributed by atoms with van der Waals surface area (Å²) in [5.74, 6) is -0.0174. The first-order chi connectivity index (χ1) is 14.5. The van der Waals surface area contributed by atoms with E-state index in [-0.39, 0.29) is 5.82 Å². The lowest BCUT2D eigenvalue weighted by Crippen LogP contribution is -2.30. The zero-order valence-corrected chi connectivity index (χ0v) is 17.5. The molecule has 0 N–H and O–H groups in total. The summed E-state index contributed by atoms with van der Waals surface area (Å²) in [6, 6.07) is 6.43. The van der Waals surface area contributed by atoms with Crippen LogP contribution in [0, 0.1) is 11.7 Å². The first kappa shape index (κ1) is 20.5. The van der Waals surface area contributed by atoms with Crippen molar-refractivity contribution in [1.29, 1.82) is 0 Å². The van der Waals surface area contributed by atoms with E-state index in [1.54, 1.807) is 24.5 Å². The topological polar surface area (TPSA) is 60.2 Å². The fraction of sp³-hybridized carbons (Fsp3) is 0.435. The molecule has 0 radical (unpaired) electrons. The Morgan fingerprint density at radius 2 is 2.07 bits per heavy atom. The van der Waals surface area contributed by atoms with Gasteiger partial charge in [0.2, 0.25) is 0 Å². The number of benzene rings is 1. The molecule has 1 saturated heterocycles. The van der Waals surface area contributed by atoms with E-state index in [0.717, 1.165) is 48.2 Å². The van der Waals surface area contributed by atoms with Gasteiger partial charge in [0.1, 0.15) is 5.82 Å². The number of pyridine rings is 1. The Hall–Kier alpha value is -2.80. The molecular formula is C23H27FN4O2. The number of nitrogens with zero attached hydrogens (tertiary/aromatic N) is 4. The van der Waals surface area contributed by atoms with Crippen LogP contribution in [-0.4, -0.2) is 52.9 Å². The van der Waals surface area contributed by atoms with Crippen molar-refractivity contribution in [1.82, 2.24) is 19.7 Å². The van der Waals surface area contributed by atoms with Gasteiger partial charge in [-0.1, -0.05) is 0 Å². The van der Waals surface area contributed by atoms with Crippen LogP contribution in [0.25, 0.3) is 10.9 Å². The first-order valence-electron chi connectivity index (χ1n) is 10.4. The highest BCUT2D eigenvalue weighted by molar-refractivity contribution is 5.91. The normalized spacial score (nSPS) is 15.6. The van der Waals surface area contributed by atoms with Gasteiger partial charge < -0.3 is 9.64 Å². The second kappa shape index (κ2) is 8.92. The third kappa shape index (κ3) is 4.36. The molecule has 0 saturated carbocycles. The molecule has 0 unspecified atom stereocenters. The van der Waals surface area contributed by atoms with Gasteiger partial charge in [0, 0.05) is 30.7 Å². The molecule has 30 heavy (non-hydrogen) atoms. The predicted molar refractivity (Wildman–Crippen MR) is 113 cm³/mol. The van der Waals surface area contributed by atoms with Gasteiger partial charge in [0.15, 0.2) is 0 Å². The third-order valence-corrected chi connectivity index (χ3v) is 6.04. The number of hydrogen-bond acceptors (Lipinski definition) is 5. The molecule has 0 amide bonds. The van der Waals surface area contributed by atoms with E-state index in [4.69, 9.17) is 9.84 Å². The Labute approximate surface area is 175 Å². The van der Waals surface area contributed by atoms with Crippen LogP contribution in [0.1, 0.15) is 40.9 Å². The minimum absolute atomic E-state index is 0.294. The molecule has 0 spiro atoms. The summed E-state index contributed by atoms with van der Waals surface area (Å²) in [7, 11) is 3.52. The number of hydrogen-bond donors (Lipinski definition) is 0. The maximum atomic E-state index is 14.0. The molecule has 3 heterocycles. The fourth-order valence-electron chi connectivity index (χ4n) is 4.23. The molecule has 1 aromatic carbocycles. The minimum Gasteiger partial charge on any atom is -0.465 e. The van der Waals surface area contributed by atoms with Gasteiger partial charge in [0.05, 0.1) is 23.9 Å². The molecule has 3 aromatic rings. The summed E-state index contributed by atoms with van der Waals surface area (Å²) < 4.78 is 20.9. The smallest absolute Gasteiger partial charge is 0.338 e. The van der Waals surface area contributed by atoms with Crippen molar-refractivity contribution >= 4 is 16.9 Å². The number of likely N-dealkylation sites (tertiary alicyclic amines) is 1. The zero-order chi connectivity index (χ0) is 21.1. The Bertz CT molecular complexity index is 1040. The molecule has 1 aliphatic rings. The lowest BCUT2D eigenvalue weighted by Gasteiger charge is -2.28. The largest absolute Gasteiger partial charge is 0.465 e. The van der Waals surface area contributed by atoms with Gasteiger partial charge in [-0.3, -0.25) is 9.67 Å². The van der Waals surface area contributed by atoms with E-state index in [9.17, 15) is 9.18 Å². The SMILES string of the molecule is COC(=O)c1ccncc1Cc1nn(CCC2CCN(C)CC2)c2ccc(F)cc12. The highest BCUT2D eigenvalue weighted by Crippen LogP contribution is 2.26. The van der Waals surface area contributed by atoms with Crippen molar-refractivity contribution in [3.63, 3.8) is 0 Å². The fourth-order valence-corrected chi connectivity index (χ4v) is 4.23. The number of carbonyl (C=O) groups is 1. The molecule has 6 nitrogen and oxygen atoms in total. The van der Waals surface area contributed by atoms with Gasteiger partial charge in [-0.05, 0) is 75.1 Å². The number of aryl methyl sites for hydroxylation is 1. The van der Waals surface area contributed by atoms with E-state index in [2.05, 4.69) is 16.9 Å². The van der Waals surface area contributed by atoms with Crippen LogP contribution < -0.4 is 0 Å². The monoisotopic (exact) mass is 410 g/mol. The van der Waals surface area contributed by atoms with Crippen LogP contribution in [0.4, 0.5) is 4.39 Å². The Balaban J connectivity index is 1.61. The number of piperidine rings is 1. The van der Waals surface area contributed by atoms with Crippen LogP contribution in [0.3, 0.4) is 0 Å². The number of rotatable bonds is 6. The van der Waals surface area contributed by atoms with Gasteiger partial charge in [0.25, 0.3) is 0 Å². The second-order valence-corrected chi connectivity index (χ2v) is 8.07. The van der Waals surface area contributed by atoms with E-state index >= 15 is 0 Å². The maximum absolute atomic E-state index is 14.0. The van der Waals surface area contributed by atoms with Crippen LogP contribution in [0.5, 0.6) is 0 Å². The molecule has 2 aromatic heterocycles. The van der Waals surface area contributed by atoms with Crippen molar-refractivity contribution in [2.24, 2.45) is 5.92 Å². The minimum atomic E-state index is -0.412. The average molecular weight is 410 g/mol. The number of esters is 1. The maximum Gasteiger partial charge on any atom is 0.338 e. The van der Waals surface area contributed by atoms with Crippen LogP contribution in [0.15, 0.2) is 36.7 Å². The van der Waals surface area contributed by atoms with Gasteiger partial charge in [-0.15, -0.1) is 0 Å². The summed E-state index contributed by atoms with van der Waals surface area (Å²) in [4.78, 5) is 18.6. The number of methoxy groups -OCH3 is 1. The van der Waals surface area contributed by atoms with E-state index in [0.29, 0.717) is 17.9 Å². The van der Waals surface area contributed by atoms with Crippen molar-refractivity contribution < 1.29 is 13.9 Å². The standard InChI is InChI=1S/C23H27FN4O2/c1-27-10-6-16(7-11-27)8-12-28-22-4-3-18(24)14-20(22)21(26-28)13-17-15-25-9-5-19(17)23(29)30-2/h3-5,9,14-16H,6-8,10-13H2,1-2H3. The molecule has 4 rings (SSSR count). The van der Waals surface area contributed by atoms with E-state index < -0.39 is 5.97 Å². The van der Waals surface area contributed by atoms with Gasteiger partial charge in [-0.25, -0.2) is 9.18 Å². The van der Waals surface area contributed by atoms with Crippen molar-refractivity contribution in [3.05, 3.63) is 59.3 Å². The second-order valence-electron chi connectivity index (χ2n) is 8.07. The van der Waals surface area contributed by atoms with Crippen LogP contribution in [0.2, 0.25) is 0 Å².